The Hall–Kier alpha value is -2.36. The number of phenolic OH excluding ortho intramolecular Hbond substituents is 1. The van der Waals surface area contributed by atoms with Crippen LogP contribution in [0.4, 0.5) is 0 Å². The molecule has 0 spiro atoms. The molecule has 2 aromatic heterocycles. The van der Waals surface area contributed by atoms with Gasteiger partial charge in [0.25, 0.3) is 0 Å². The second kappa shape index (κ2) is 4.84. The minimum absolute atomic E-state index is 0.0645. The molecule has 132 valence electrons. The molecule has 0 atom stereocenters. The lowest BCUT2D eigenvalue weighted by atomic mass is 9.77. The lowest BCUT2D eigenvalue weighted by Crippen LogP contribution is -2.19. The van der Waals surface area contributed by atoms with Crippen LogP contribution in [0.3, 0.4) is 0 Å². The largest absolute Gasteiger partial charge is 0.505 e. The Morgan fingerprint density at radius 2 is 1.48 bits per heavy atom. The van der Waals surface area contributed by atoms with Crippen molar-refractivity contribution >= 4 is 11.0 Å². The van der Waals surface area contributed by atoms with Crippen LogP contribution < -0.4 is 0 Å². The van der Waals surface area contributed by atoms with E-state index in [1.165, 1.54) is 16.6 Å². The molecule has 0 bridgehead atoms. The molecule has 0 aliphatic rings. The van der Waals surface area contributed by atoms with Gasteiger partial charge in [-0.05, 0) is 41.0 Å². The van der Waals surface area contributed by atoms with Gasteiger partial charge in [0.15, 0.2) is 0 Å². The summed E-state index contributed by atoms with van der Waals surface area (Å²) in [5.41, 5.74) is 5.43. The zero-order valence-corrected chi connectivity index (χ0v) is 16.0. The minimum atomic E-state index is -0.120. The molecule has 4 rings (SSSR count). The molecule has 4 nitrogen and oxygen atoms in total. The van der Waals surface area contributed by atoms with E-state index in [2.05, 4.69) is 79.9 Å². The molecule has 0 saturated heterocycles. The molecule has 1 N–H and O–H groups in total. The summed E-state index contributed by atoms with van der Waals surface area (Å²) in [5, 5.41) is 11.0. The van der Waals surface area contributed by atoms with Gasteiger partial charge < -0.3 is 5.11 Å². The van der Waals surface area contributed by atoms with Crippen LogP contribution >= 0.6 is 0 Å². The van der Waals surface area contributed by atoms with Gasteiger partial charge in [-0.3, -0.25) is 0 Å². The molecule has 0 saturated carbocycles. The van der Waals surface area contributed by atoms with Crippen molar-refractivity contribution in [2.45, 2.75) is 58.8 Å². The number of hydrogen-bond acceptors (Lipinski definition) is 1. The van der Waals surface area contributed by atoms with Gasteiger partial charge in [-0.25, -0.2) is 0 Å². The number of aromatic hydroxyl groups is 1. The zero-order chi connectivity index (χ0) is 18.1. The fraction of sp³-hybridized carbons (Fsp3) is 0.429. The van der Waals surface area contributed by atoms with Gasteiger partial charge >= 0.3 is 0 Å². The Kier molecular flexibility index (Phi) is 3.12. The number of hydrogen-bond donors (Lipinski definition) is 1. The second-order valence-corrected chi connectivity index (χ2v) is 8.74. The number of para-hydroxylation sites is 2. The normalized spacial score (nSPS) is 13.5. The first-order valence-corrected chi connectivity index (χ1v) is 9.04. The van der Waals surface area contributed by atoms with E-state index >= 15 is 0 Å². The van der Waals surface area contributed by atoms with Gasteiger partial charge in [0.05, 0.1) is 0 Å². The number of benzene rings is 2. The van der Waals surface area contributed by atoms with Crippen molar-refractivity contribution in [2.75, 3.05) is 0 Å². The van der Waals surface area contributed by atoms with Crippen molar-refractivity contribution in [3.8, 4) is 11.4 Å². The summed E-state index contributed by atoms with van der Waals surface area (Å²) in [4.78, 5) is 2.06. The molecule has 0 aliphatic carbocycles. The standard InChI is InChI=1S/C21H27N3O/c1-7-21(5,6)14-12-15(20(2,3)4)19(25)18(13-14)24-22-16-10-8-9-11-17(16)23(22)24/h8-13,25H,7H2,1-6H3. The van der Waals surface area contributed by atoms with E-state index in [-0.39, 0.29) is 10.8 Å². The summed E-state index contributed by atoms with van der Waals surface area (Å²) >= 11 is 0. The van der Waals surface area contributed by atoms with Crippen molar-refractivity contribution in [1.82, 2.24) is 14.1 Å². The highest BCUT2D eigenvalue weighted by Gasteiger charge is 2.31. The SMILES string of the molecule is CCC(C)(C)c1cc(-n2n3c4ccccc4n23)c(O)c(C(C)(C)C)c1. The van der Waals surface area contributed by atoms with Gasteiger partial charge in [0.1, 0.15) is 22.5 Å². The summed E-state index contributed by atoms with van der Waals surface area (Å²) in [6.45, 7) is 13.2. The van der Waals surface area contributed by atoms with Crippen LogP contribution in [0, 0.1) is 0 Å². The first-order valence-electron chi connectivity index (χ1n) is 9.04. The molecular weight excluding hydrogens is 310 g/mol. The van der Waals surface area contributed by atoms with Crippen molar-refractivity contribution in [1.29, 1.82) is 0 Å². The molecule has 0 amide bonds. The predicted octanol–water partition coefficient (Wildman–Crippen LogP) is 5.11. The maximum Gasteiger partial charge on any atom is 0.146 e. The molecule has 2 aromatic carbocycles. The van der Waals surface area contributed by atoms with Crippen LogP contribution in [-0.2, 0) is 10.8 Å². The van der Waals surface area contributed by atoms with Crippen LogP contribution in [-0.4, -0.2) is 19.2 Å². The van der Waals surface area contributed by atoms with Gasteiger partial charge in [-0.15, -0.1) is 14.1 Å². The second-order valence-electron chi connectivity index (χ2n) is 8.74. The van der Waals surface area contributed by atoms with E-state index in [4.69, 9.17) is 0 Å². The van der Waals surface area contributed by atoms with Crippen LogP contribution in [0.2, 0.25) is 0 Å². The number of fused-ring (bicyclic) bond motifs is 4. The third-order valence-electron chi connectivity index (χ3n) is 5.60. The molecule has 0 unspecified atom stereocenters. The Morgan fingerprint density at radius 3 is 1.96 bits per heavy atom. The van der Waals surface area contributed by atoms with Crippen molar-refractivity contribution in [3.05, 3.63) is 47.5 Å². The Morgan fingerprint density at radius 1 is 0.920 bits per heavy atom. The Bertz CT molecular complexity index is 1010. The molecule has 0 fully saturated rings. The van der Waals surface area contributed by atoms with E-state index in [1.54, 1.807) is 0 Å². The van der Waals surface area contributed by atoms with E-state index in [0.29, 0.717) is 5.75 Å². The van der Waals surface area contributed by atoms with Gasteiger partial charge in [-0.1, -0.05) is 59.7 Å². The van der Waals surface area contributed by atoms with Gasteiger partial charge in [0, 0.05) is 5.56 Å². The number of aromatic nitrogens is 3. The monoisotopic (exact) mass is 337 g/mol. The van der Waals surface area contributed by atoms with E-state index in [0.717, 1.165) is 17.7 Å². The molecule has 25 heavy (non-hydrogen) atoms. The van der Waals surface area contributed by atoms with Crippen LogP contribution in [0.15, 0.2) is 36.4 Å². The van der Waals surface area contributed by atoms with Crippen molar-refractivity contribution in [2.24, 2.45) is 0 Å². The topological polar surface area (TPSA) is 34.0 Å². The zero-order valence-electron chi connectivity index (χ0n) is 16.0. The number of rotatable bonds is 3. The minimum Gasteiger partial charge on any atom is -0.505 e. The summed E-state index contributed by atoms with van der Waals surface area (Å²) in [7, 11) is 0. The molecule has 4 aromatic rings. The average Bonchev–Trinajstić information content (AvgIpc) is 3.20. The molecular formula is C21H27N3O. The Balaban J connectivity index is 1.98. The van der Waals surface area contributed by atoms with E-state index in [1.807, 2.05) is 12.1 Å². The van der Waals surface area contributed by atoms with Crippen LogP contribution in [0.25, 0.3) is 16.7 Å². The highest BCUT2D eigenvalue weighted by molar-refractivity contribution is 5.79. The highest BCUT2D eigenvalue weighted by atomic mass is 16.3. The van der Waals surface area contributed by atoms with E-state index < -0.39 is 0 Å². The third kappa shape index (κ3) is 2.20. The fourth-order valence-corrected chi connectivity index (χ4v) is 3.44. The maximum atomic E-state index is 11.0. The summed E-state index contributed by atoms with van der Waals surface area (Å²) in [5.74, 6) is 0.378. The van der Waals surface area contributed by atoms with Crippen LogP contribution in [0.1, 0.15) is 59.1 Å². The lowest BCUT2D eigenvalue weighted by molar-refractivity contribution is 0.439. The van der Waals surface area contributed by atoms with Crippen molar-refractivity contribution < 1.29 is 5.11 Å². The first kappa shape index (κ1) is 16.1. The fourth-order valence-electron chi connectivity index (χ4n) is 3.44. The highest BCUT2D eigenvalue weighted by Crippen LogP contribution is 2.41. The van der Waals surface area contributed by atoms with Crippen LogP contribution in [0.5, 0.6) is 5.75 Å². The van der Waals surface area contributed by atoms with Gasteiger partial charge in [0.2, 0.25) is 0 Å². The van der Waals surface area contributed by atoms with Gasteiger partial charge in [-0.2, -0.15) is 0 Å². The number of nitrogens with zero attached hydrogens (tertiary/aromatic N) is 3. The number of phenols is 1. The summed E-state index contributed by atoms with van der Waals surface area (Å²) < 4.78 is 4.19. The van der Waals surface area contributed by atoms with E-state index in [9.17, 15) is 5.11 Å². The summed E-state index contributed by atoms with van der Waals surface area (Å²) in [6.07, 6.45) is 1.05. The molecule has 2 heterocycles. The lowest BCUT2D eigenvalue weighted by Gasteiger charge is -2.28. The molecule has 4 heteroatoms. The molecule has 0 aliphatic heterocycles. The summed E-state index contributed by atoms with van der Waals surface area (Å²) in [6, 6.07) is 12.6. The third-order valence-corrected chi connectivity index (χ3v) is 5.60. The Labute approximate surface area is 148 Å². The smallest absolute Gasteiger partial charge is 0.146 e. The predicted molar refractivity (Wildman–Crippen MR) is 103 cm³/mol. The van der Waals surface area contributed by atoms with Crippen molar-refractivity contribution in [3.63, 3.8) is 0 Å². The average molecular weight is 337 g/mol. The first-order chi connectivity index (χ1) is 11.7. The quantitative estimate of drug-likeness (QED) is 0.554. The maximum absolute atomic E-state index is 11.0. The molecule has 0 radical (unpaired) electrons.